The van der Waals surface area contributed by atoms with Crippen molar-refractivity contribution in [2.45, 2.75) is 5.51 Å². The molecular formula is C7H5BF3K3O6S. The van der Waals surface area contributed by atoms with Gasteiger partial charge in [-0.2, -0.15) is 21.6 Å². The molecule has 0 spiro atoms. The van der Waals surface area contributed by atoms with Crippen molar-refractivity contribution >= 4 is 17.4 Å². The molecule has 0 aliphatic carbocycles. The molecule has 14 heteroatoms. The quantitative estimate of drug-likeness (QED) is 0.276. The minimum atomic E-state index is -5.55. The van der Waals surface area contributed by atoms with Gasteiger partial charge in [0.15, 0.2) is 0 Å². The standard InChI is InChI=1S/C7H5F3O3S.BO3.3K/c8-7(9,10)14(11,12)13-6-4-2-1-3-5-6;2-1(3)4;;;/h1-5H;;;;/q;-3;3*+1. The van der Waals surface area contributed by atoms with Crippen LogP contribution in [0.3, 0.4) is 0 Å². The average molecular weight is 402 g/mol. The monoisotopic (exact) mass is 402 g/mol. The number of para-hydroxylation sites is 1. The number of hydrogen-bond acceptors (Lipinski definition) is 6. The van der Waals surface area contributed by atoms with E-state index in [1.807, 2.05) is 0 Å². The fraction of sp³-hybridized carbons (Fsp3) is 0.143. The molecule has 21 heavy (non-hydrogen) atoms. The Morgan fingerprint density at radius 3 is 1.57 bits per heavy atom. The van der Waals surface area contributed by atoms with E-state index in [9.17, 15) is 21.6 Å². The second-order valence-electron chi connectivity index (χ2n) is 2.58. The summed E-state index contributed by atoms with van der Waals surface area (Å²) in [4.78, 5) is 0. The van der Waals surface area contributed by atoms with Crippen molar-refractivity contribution in [1.82, 2.24) is 0 Å². The number of alkyl halides is 3. The molecular weight excluding hydrogens is 397 g/mol. The Hall–Kier alpha value is 3.61. The molecule has 1 rings (SSSR count). The molecule has 0 aromatic heterocycles. The fourth-order valence-electron chi connectivity index (χ4n) is 0.650. The molecule has 0 aliphatic heterocycles. The zero-order chi connectivity index (χ0) is 14.4. The Kier molecular flexibility index (Phi) is 24.4. The summed E-state index contributed by atoms with van der Waals surface area (Å²) in [5.41, 5.74) is -5.40. The van der Waals surface area contributed by atoms with E-state index < -0.39 is 22.9 Å². The van der Waals surface area contributed by atoms with E-state index in [1.165, 1.54) is 18.2 Å². The first-order valence-electron chi connectivity index (χ1n) is 4.09. The number of hydrogen-bond donors (Lipinski definition) is 0. The molecule has 1 aromatic rings. The summed E-state index contributed by atoms with van der Waals surface area (Å²) in [6.45, 7) is 0. The van der Waals surface area contributed by atoms with Crippen molar-refractivity contribution in [2.75, 3.05) is 0 Å². The van der Waals surface area contributed by atoms with Gasteiger partial charge in [0.2, 0.25) is 0 Å². The molecule has 0 N–H and O–H groups in total. The van der Waals surface area contributed by atoms with Gasteiger partial charge >= 0.3 is 170 Å². The SMILES string of the molecule is O=S(=O)(Oc1ccccc1)C(F)(F)F.[K+].[K+].[K+].[O-]B([O-])[O-]. The van der Waals surface area contributed by atoms with E-state index >= 15 is 0 Å². The molecule has 102 valence electrons. The maximum Gasteiger partial charge on any atom is 1.00 e. The molecule has 0 amide bonds. The molecule has 0 aliphatic rings. The first-order valence-corrected chi connectivity index (χ1v) is 5.50. The average Bonchev–Trinajstić information content (AvgIpc) is 2.15. The van der Waals surface area contributed by atoms with Crippen LogP contribution in [0.5, 0.6) is 5.75 Å². The molecule has 0 saturated carbocycles. The Labute approximate surface area is 247 Å². The molecule has 1 aromatic carbocycles. The molecule has 0 radical (unpaired) electrons. The van der Waals surface area contributed by atoms with Gasteiger partial charge in [0.1, 0.15) is 5.75 Å². The number of halogens is 3. The zero-order valence-electron chi connectivity index (χ0n) is 11.5. The third-order valence-corrected chi connectivity index (χ3v) is 2.21. The first kappa shape index (κ1) is 32.3. The molecule has 0 saturated heterocycles. The largest absolute Gasteiger partial charge is 1.00 e. The maximum absolute atomic E-state index is 11.8. The van der Waals surface area contributed by atoms with E-state index in [1.54, 1.807) is 0 Å². The van der Waals surface area contributed by atoms with Crippen molar-refractivity contribution in [3.05, 3.63) is 30.3 Å². The van der Waals surface area contributed by atoms with Gasteiger partial charge in [0.25, 0.3) is 0 Å². The summed E-state index contributed by atoms with van der Waals surface area (Å²) in [6.07, 6.45) is 0. The van der Waals surface area contributed by atoms with Crippen LogP contribution in [0.2, 0.25) is 0 Å². The molecule has 0 bridgehead atoms. The van der Waals surface area contributed by atoms with E-state index in [2.05, 4.69) is 4.18 Å². The van der Waals surface area contributed by atoms with Gasteiger partial charge < -0.3 is 19.3 Å². The van der Waals surface area contributed by atoms with E-state index in [-0.39, 0.29) is 160 Å². The third kappa shape index (κ3) is 16.8. The zero-order valence-corrected chi connectivity index (χ0v) is 21.6. The van der Waals surface area contributed by atoms with Crippen LogP contribution in [0.1, 0.15) is 0 Å². The van der Waals surface area contributed by atoms with Crippen molar-refractivity contribution in [1.29, 1.82) is 0 Å². The van der Waals surface area contributed by atoms with Crippen molar-refractivity contribution < 1.29 is 195 Å². The minimum Gasteiger partial charge on any atom is -0.907 e. The van der Waals surface area contributed by atoms with Crippen LogP contribution in [0, 0.1) is 0 Å². The van der Waals surface area contributed by atoms with Crippen molar-refractivity contribution in [3.8, 4) is 5.75 Å². The summed E-state index contributed by atoms with van der Waals surface area (Å²) in [5, 5.41) is 25.2. The van der Waals surface area contributed by atoms with E-state index in [0.717, 1.165) is 12.1 Å². The second-order valence-corrected chi connectivity index (χ2v) is 4.12. The van der Waals surface area contributed by atoms with Crippen LogP contribution in [-0.4, -0.2) is 21.2 Å². The maximum atomic E-state index is 11.8. The summed E-state index contributed by atoms with van der Waals surface area (Å²) in [6, 6.07) is 6.47. The third-order valence-electron chi connectivity index (χ3n) is 1.23. The van der Waals surface area contributed by atoms with Gasteiger partial charge in [-0.15, -0.1) is 0 Å². The van der Waals surface area contributed by atoms with Crippen LogP contribution in [0.4, 0.5) is 13.2 Å². The van der Waals surface area contributed by atoms with Crippen LogP contribution in [0.15, 0.2) is 30.3 Å². The summed E-state index contributed by atoms with van der Waals surface area (Å²) < 4.78 is 60.2. The predicted octanol–water partition coefficient (Wildman–Crippen LogP) is -11.0. The number of benzene rings is 1. The molecule has 0 unspecified atom stereocenters. The van der Waals surface area contributed by atoms with Gasteiger partial charge in [-0.3, -0.25) is 7.32 Å². The van der Waals surface area contributed by atoms with Crippen LogP contribution < -0.4 is 173 Å². The Morgan fingerprint density at radius 1 is 0.952 bits per heavy atom. The van der Waals surface area contributed by atoms with Crippen LogP contribution in [0.25, 0.3) is 0 Å². The van der Waals surface area contributed by atoms with E-state index in [0.29, 0.717) is 0 Å². The number of rotatable bonds is 2. The summed E-state index contributed by atoms with van der Waals surface area (Å²) in [7, 11) is -8.47. The smallest absolute Gasteiger partial charge is 0.907 e. The van der Waals surface area contributed by atoms with Gasteiger partial charge in [-0.1, -0.05) is 18.2 Å². The molecule has 0 heterocycles. The summed E-state index contributed by atoms with van der Waals surface area (Å²) >= 11 is 0. The van der Waals surface area contributed by atoms with Gasteiger partial charge in [-0.05, 0) is 12.1 Å². The summed E-state index contributed by atoms with van der Waals surface area (Å²) in [5.74, 6) is -0.371. The molecule has 0 fully saturated rings. The first-order chi connectivity index (χ1) is 8.06. The van der Waals surface area contributed by atoms with Gasteiger partial charge in [-0.25, -0.2) is 0 Å². The van der Waals surface area contributed by atoms with Crippen molar-refractivity contribution in [3.63, 3.8) is 0 Å². The van der Waals surface area contributed by atoms with Crippen LogP contribution in [-0.2, 0) is 10.1 Å². The van der Waals surface area contributed by atoms with Gasteiger partial charge in [0.05, 0.1) is 0 Å². The Bertz CT molecular complexity index is 456. The predicted molar refractivity (Wildman–Crippen MR) is 47.8 cm³/mol. The minimum absolute atomic E-state index is 0. The van der Waals surface area contributed by atoms with E-state index in [4.69, 9.17) is 15.1 Å². The Balaban J connectivity index is -0.000000185. The van der Waals surface area contributed by atoms with Crippen molar-refractivity contribution in [2.24, 2.45) is 0 Å². The normalized spacial score (nSPS) is 9.62. The second kappa shape index (κ2) is 15.8. The molecule has 6 nitrogen and oxygen atoms in total. The van der Waals surface area contributed by atoms with Crippen LogP contribution >= 0.6 is 0 Å². The Morgan fingerprint density at radius 2 is 1.29 bits per heavy atom. The topological polar surface area (TPSA) is 113 Å². The van der Waals surface area contributed by atoms with Gasteiger partial charge in [0, 0.05) is 0 Å². The fourth-order valence-corrected chi connectivity index (χ4v) is 1.11. The molecule has 0 atom stereocenters.